The Bertz CT molecular complexity index is 985. The minimum absolute atomic E-state index is 0.255. The number of fused-ring (bicyclic) bond motifs is 1. The summed E-state index contributed by atoms with van der Waals surface area (Å²) in [5.74, 6) is -0.118. The quantitative estimate of drug-likeness (QED) is 0.601. The van der Waals surface area contributed by atoms with E-state index in [0.29, 0.717) is 43.5 Å². The zero-order valence-electron chi connectivity index (χ0n) is 16.9. The Balaban J connectivity index is 1.62. The maximum Gasteiger partial charge on any atom is 0.383 e. The standard InChI is InChI=1S/C21H23Cl2FN5O2/c22-16-5-4-6-17(24)18(16)15-13-25-20-26-14-27-29(20,23)19(15)28-9-3-1-2-7-21(8-10-28)30-11-12-31-21/h4-6,13-14H,1-3,7-12H2/q+1. The molecule has 4 aliphatic heterocycles. The summed E-state index contributed by atoms with van der Waals surface area (Å²) in [5, 5.41) is 4.67. The predicted molar refractivity (Wildman–Crippen MR) is 118 cm³/mol. The van der Waals surface area contributed by atoms with Crippen molar-refractivity contribution in [1.29, 1.82) is 0 Å². The minimum atomic E-state index is -0.579. The van der Waals surface area contributed by atoms with E-state index in [9.17, 15) is 4.39 Å². The zero-order chi connectivity index (χ0) is 21.5. The van der Waals surface area contributed by atoms with Gasteiger partial charge in [-0.3, -0.25) is 0 Å². The van der Waals surface area contributed by atoms with Crippen molar-refractivity contribution in [3.63, 3.8) is 0 Å². The first kappa shape index (κ1) is 21.0. The van der Waals surface area contributed by atoms with Crippen LogP contribution in [0.3, 0.4) is 0 Å². The first-order valence-electron chi connectivity index (χ1n) is 10.5. The van der Waals surface area contributed by atoms with E-state index in [1.165, 1.54) is 12.4 Å². The smallest absolute Gasteiger partial charge is 0.347 e. The number of quaternary nitrogens is 1. The van der Waals surface area contributed by atoms with Crippen molar-refractivity contribution < 1.29 is 18.0 Å². The molecule has 0 bridgehead atoms. The Labute approximate surface area is 190 Å². The van der Waals surface area contributed by atoms with Crippen LogP contribution in [0.5, 0.6) is 0 Å². The summed E-state index contributed by atoms with van der Waals surface area (Å²) < 4.78 is 26.5. The van der Waals surface area contributed by atoms with Crippen molar-refractivity contribution in [3.05, 3.63) is 40.4 Å². The number of halogens is 3. The van der Waals surface area contributed by atoms with Gasteiger partial charge in [0.2, 0.25) is 11.8 Å². The van der Waals surface area contributed by atoms with Crippen LogP contribution in [-0.2, 0) is 9.47 Å². The van der Waals surface area contributed by atoms with Crippen molar-refractivity contribution >= 4 is 47.5 Å². The van der Waals surface area contributed by atoms with Crippen LogP contribution in [0.2, 0.25) is 5.02 Å². The van der Waals surface area contributed by atoms with Crippen LogP contribution < -0.4 is 0 Å². The number of aliphatic imine (C=N–C) groups is 2. The fourth-order valence-corrected chi connectivity index (χ4v) is 5.17. The molecule has 7 nitrogen and oxygen atoms in total. The Hall–Kier alpha value is -1.84. The van der Waals surface area contributed by atoms with Gasteiger partial charge in [-0.2, -0.15) is 9.98 Å². The number of ether oxygens (including phenoxy) is 2. The molecule has 4 heterocycles. The first-order valence-corrected chi connectivity index (χ1v) is 11.2. The van der Waals surface area contributed by atoms with Crippen molar-refractivity contribution in [3.8, 4) is 0 Å². The maximum absolute atomic E-state index is 14.9. The molecule has 31 heavy (non-hydrogen) atoms. The molecule has 1 aromatic rings. The number of benzene rings is 1. The van der Waals surface area contributed by atoms with E-state index < -0.39 is 15.7 Å². The van der Waals surface area contributed by atoms with Gasteiger partial charge < -0.3 is 14.4 Å². The molecule has 2 fully saturated rings. The molecule has 0 saturated carbocycles. The third kappa shape index (κ3) is 3.70. The average Bonchev–Trinajstić information content (AvgIpc) is 3.38. The number of hydrogen-bond donors (Lipinski definition) is 0. The summed E-state index contributed by atoms with van der Waals surface area (Å²) in [6.45, 7) is 2.53. The summed E-state index contributed by atoms with van der Waals surface area (Å²) in [7, 11) is 0. The van der Waals surface area contributed by atoms with E-state index in [0.717, 1.165) is 32.2 Å². The SMILES string of the molecule is Fc1cccc(Cl)c1C1=C(N2CCCCCC3(CC2)OCCO3)[N+]2(Cl)N=CN=C2N=C1. The summed E-state index contributed by atoms with van der Waals surface area (Å²) in [6, 6.07) is 4.61. The fraction of sp³-hybridized carbons (Fsp3) is 0.476. The number of guanidine groups is 1. The normalized spacial score (nSPS) is 27.8. The first-order chi connectivity index (χ1) is 15.0. The van der Waals surface area contributed by atoms with Crippen molar-refractivity contribution in [2.75, 3.05) is 26.3 Å². The molecule has 10 heteroatoms. The van der Waals surface area contributed by atoms with Crippen LogP contribution in [0, 0.1) is 5.82 Å². The molecule has 2 saturated heterocycles. The Morgan fingerprint density at radius 3 is 2.74 bits per heavy atom. The molecule has 0 N–H and O–H groups in total. The third-order valence-electron chi connectivity index (χ3n) is 6.07. The molecular weight excluding hydrogens is 444 g/mol. The Kier molecular flexibility index (Phi) is 5.60. The summed E-state index contributed by atoms with van der Waals surface area (Å²) in [6.07, 6.45) is 7.48. The second kappa shape index (κ2) is 8.26. The molecule has 5 rings (SSSR count). The Morgan fingerprint density at radius 1 is 1.10 bits per heavy atom. The molecule has 1 aromatic carbocycles. The van der Waals surface area contributed by atoms with Gasteiger partial charge in [-0.05, 0) is 30.1 Å². The van der Waals surface area contributed by atoms with Crippen LogP contribution in [0.1, 0.15) is 37.7 Å². The van der Waals surface area contributed by atoms with Crippen LogP contribution in [0.15, 0.2) is 39.1 Å². The highest BCUT2D eigenvalue weighted by atomic mass is 35.5. The van der Waals surface area contributed by atoms with Gasteiger partial charge in [-0.25, -0.2) is 4.39 Å². The van der Waals surface area contributed by atoms with Gasteiger partial charge in [-0.1, -0.05) is 24.1 Å². The average molecular weight is 467 g/mol. The van der Waals surface area contributed by atoms with E-state index >= 15 is 0 Å². The molecule has 1 atom stereocenters. The van der Waals surface area contributed by atoms with Crippen LogP contribution in [-0.4, -0.2) is 59.6 Å². The van der Waals surface area contributed by atoms with Gasteiger partial charge in [0.15, 0.2) is 12.1 Å². The highest BCUT2D eigenvalue weighted by molar-refractivity contribution is 6.34. The lowest BCUT2D eigenvalue weighted by molar-refractivity contribution is -0.692. The molecule has 1 unspecified atom stereocenters. The summed E-state index contributed by atoms with van der Waals surface area (Å²) in [4.78, 5) is 10.7. The lowest BCUT2D eigenvalue weighted by Crippen LogP contribution is -2.47. The van der Waals surface area contributed by atoms with Gasteiger partial charge in [-0.15, -0.1) is 0 Å². The van der Waals surface area contributed by atoms with Gasteiger partial charge in [0.05, 0.1) is 30.0 Å². The van der Waals surface area contributed by atoms with Gasteiger partial charge >= 0.3 is 5.96 Å². The molecule has 1 spiro atoms. The van der Waals surface area contributed by atoms with Gasteiger partial charge in [0.25, 0.3) is 5.82 Å². The minimum Gasteiger partial charge on any atom is -0.347 e. The van der Waals surface area contributed by atoms with E-state index in [-0.39, 0.29) is 10.6 Å². The lowest BCUT2D eigenvalue weighted by atomic mass is 10.0. The van der Waals surface area contributed by atoms with Gasteiger partial charge in [0.1, 0.15) is 5.82 Å². The summed E-state index contributed by atoms with van der Waals surface area (Å²) in [5.41, 5.74) is 0.753. The van der Waals surface area contributed by atoms with Gasteiger partial charge in [0, 0.05) is 35.6 Å². The molecule has 0 radical (unpaired) electrons. The number of hydrogen-bond acceptors (Lipinski definition) is 6. The molecular formula is C21H23Cl2FN5O2+. The van der Waals surface area contributed by atoms with E-state index in [1.807, 2.05) is 0 Å². The predicted octanol–water partition coefficient (Wildman–Crippen LogP) is 4.52. The van der Waals surface area contributed by atoms with E-state index in [4.69, 9.17) is 32.9 Å². The zero-order valence-corrected chi connectivity index (χ0v) is 18.4. The lowest BCUT2D eigenvalue weighted by Gasteiger charge is -2.35. The summed E-state index contributed by atoms with van der Waals surface area (Å²) >= 11 is 13.4. The second-order valence-electron chi connectivity index (χ2n) is 7.96. The monoisotopic (exact) mass is 466 g/mol. The molecule has 0 amide bonds. The largest absolute Gasteiger partial charge is 0.383 e. The maximum atomic E-state index is 14.9. The van der Waals surface area contributed by atoms with Crippen LogP contribution in [0.25, 0.3) is 5.57 Å². The second-order valence-corrected chi connectivity index (χ2v) is 8.86. The highest BCUT2D eigenvalue weighted by Gasteiger charge is 2.51. The van der Waals surface area contributed by atoms with E-state index in [2.05, 4.69) is 20.0 Å². The highest BCUT2D eigenvalue weighted by Crippen LogP contribution is 2.42. The third-order valence-corrected chi connectivity index (χ3v) is 6.79. The van der Waals surface area contributed by atoms with Crippen LogP contribution in [0.4, 0.5) is 4.39 Å². The fourth-order valence-electron chi connectivity index (χ4n) is 4.58. The van der Waals surface area contributed by atoms with Crippen LogP contribution >= 0.6 is 23.4 Å². The molecule has 0 aromatic heterocycles. The number of allylic oxidation sites excluding steroid dienone is 1. The number of rotatable bonds is 2. The molecule has 4 aliphatic rings. The topological polar surface area (TPSA) is 58.8 Å². The number of nitrogens with zero attached hydrogens (tertiary/aromatic N) is 5. The molecule has 164 valence electrons. The molecule has 0 aliphatic carbocycles. The van der Waals surface area contributed by atoms with E-state index in [1.54, 1.807) is 18.3 Å². The van der Waals surface area contributed by atoms with Crippen molar-refractivity contribution in [2.45, 2.75) is 37.9 Å². The Morgan fingerprint density at radius 2 is 1.94 bits per heavy atom. The van der Waals surface area contributed by atoms with Crippen molar-refractivity contribution in [1.82, 2.24) is 4.90 Å². The van der Waals surface area contributed by atoms with Crippen molar-refractivity contribution in [2.24, 2.45) is 15.1 Å².